The molecule has 0 spiro atoms. The minimum absolute atomic E-state index is 0.690. The topological polar surface area (TPSA) is 0 Å². The zero-order valence-corrected chi connectivity index (χ0v) is 15.5. The first-order valence-electron chi connectivity index (χ1n) is 8.69. The van der Waals surface area contributed by atoms with Crippen LogP contribution in [0.3, 0.4) is 0 Å². The van der Waals surface area contributed by atoms with Crippen molar-refractivity contribution in [1.29, 1.82) is 0 Å². The highest BCUT2D eigenvalue weighted by molar-refractivity contribution is 9.10. The summed E-state index contributed by atoms with van der Waals surface area (Å²) in [6.07, 6.45) is 3.97. The average molecular weight is 377 g/mol. The number of halogens is 1. The predicted octanol–water partition coefficient (Wildman–Crippen LogP) is 7.36. The smallest absolute Gasteiger partial charge is 0.0181 e. The largest absolute Gasteiger partial charge is 0.0620 e. The lowest BCUT2D eigenvalue weighted by atomic mass is 9.74. The zero-order valence-electron chi connectivity index (χ0n) is 13.9. The Labute approximate surface area is 152 Å². The zero-order chi connectivity index (χ0) is 16.5. The van der Waals surface area contributed by atoms with Gasteiger partial charge in [-0.15, -0.1) is 0 Å². The lowest BCUT2D eigenvalue weighted by Gasteiger charge is -2.31. The molecule has 0 radical (unpaired) electrons. The molecule has 120 valence electrons. The maximum absolute atomic E-state index is 3.63. The minimum atomic E-state index is 0.690. The van der Waals surface area contributed by atoms with Gasteiger partial charge in [0.15, 0.2) is 0 Å². The lowest BCUT2D eigenvalue weighted by molar-refractivity contribution is 0.421. The number of hydrogen-bond donors (Lipinski definition) is 0. The van der Waals surface area contributed by atoms with Crippen LogP contribution in [0.1, 0.15) is 36.3 Å². The van der Waals surface area contributed by atoms with E-state index in [2.05, 4.69) is 89.6 Å². The molecular formula is C23H21Br. The third-order valence-corrected chi connectivity index (χ3v) is 5.68. The standard InChI is InChI=1S/C23H21Br/c1-16-7-2-3-12-20(16)22-14-6-13-21(23(22)17-8-4-9-17)18-10-5-11-19(24)15-18/h2-3,5-7,10-15,17H,4,8-9H2,1H3. The molecule has 3 aromatic rings. The second kappa shape index (κ2) is 6.57. The van der Waals surface area contributed by atoms with Crippen LogP contribution in [0.2, 0.25) is 0 Å². The van der Waals surface area contributed by atoms with Crippen LogP contribution in [0.15, 0.2) is 71.2 Å². The van der Waals surface area contributed by atoms with Crippen LogP contribution >= 0.6 is 15.9 Å². The highest BCUT2D eigenvalue weighted by Crippen LogP contribution is 2.46. The molecule has 4 rings (SSSR count). The second-order valence-corrected chi connectivity index (χ2v) is 7.64. The van der Waals surface area contributed by atoms with E-state index in [1.807, 2.05) is 0 Å². The molecule has 0 nitrogen and oxygen atoms in total. The average Bonchev–Trinajstić information content (AvgIpc) is 2.54. The second-order valence-electron chi connectivity index (χ2n) is 6.72. The Morgan fingerprint density at radius 1 is 0.792 bits per heavy atom. The summed E-state index contributed by atoms with van der Waals surface area (Å²) in [7, 11) is 0. The summed E-state index contributed by atoms with van der Waals surface area (Å²) in [5.74, 6) is 0.690. The number of hydrogen-bond acceptors (Lipinski definition) is 0. The van der Waals surface area contributed by atoms with Gasteiger partial charge in [0.1, 0.15) is 0 Å². The maximum Gasteiger partial charge on any atom is 0.0181 e. The summed E-state index contributed by atoms with van der Waals surface area (Å²) in [6.45, 7) is 2.21. The molecule has 1 aliphatic rings. The highest BCUT2D eigenvalue weighted by atomic mass is 79.9. The molecule has 24 heavy (non-hydrogen) atoms. The van der Waals surface area contributed by atoms with Crippen molar-refractivity contribution in [3.8, 4) is 22.3 Å². The Hall–Kier alpha value is -1.86. The molecule has 0 aromatic heterocycles. The Bertz CT molecular complexity index is 875. The van der Waals surface area contributed by atoms with Crippen molar-refractivity contribution in [2.24, 2.45) is 0 Å². The SMILES string of the molecule is Cc1ccccc1-c1cccc(-c2cccc(Br)c2)c1C1CCC1. The molecule has 1 fully saturated rings. The van der Waals surface area contributed by atoms with Gasteiger partial charge in [-0.05, 0) is 71.2 Å². The van der Waals surface area contributed by atoms with E-state index in [9.17, 15) is 0 Å². The third kappa shape index (κ3) is 2.82. The summed E-state index contributed by atoms with van der Waals surface area (Å²) in [6, 6.07) is 24.2. The van der Waals surface area contributed by atoms with Crippen LogP contribution in [0.5, 0.6) is 0 Å². The van der Waals surface area contributed by atoms with E-state index >= 15 is 0 Å². The number of aryl methyl sites for hydroxylation is 1. The molecule has 0 N–H and O–H groups in total. The van der Waals surface area contributed by atoms with Crippen molar-refractivity contribution in [2.75, 3.05) is 0 Å². The van der Waals surface area contributed by atoms with Crippen molar-refractivity contribution in [1.82, 2.24) is 0 Å². The van der Waals surface area contributed by atoms with Crippen molar-refractivity contribution < 1.29 is 0 Å². The molecule has 1 saturated carbocycles. The molecule has 0 atom stereocenters. The first kappa shape index (κ1) is 15.7. The normalized spacial score (nSPS) is 14.4. The van der Waals surface area contributed by atoms with Crippen molar-refractivity contribution >= 4 is 15.9 Å². The lowest BCUT2D eigenvalue weighted by Crippen LogP contribution is -2.11. The Morgan fingerprint density at radius 2 is 1.50 bits per heavy atom. The van der Waals surface area contributed by atoms with Crippen molar-refractivity contribution in [3.63, 3.8) is 0 Å². The summed E-state index contributed by atoms with van der Waals surface area (Å²) in [4.78, 5) is 0. The summed E-state index contributed by atoms with van der Waals surface area (Å²) in [5, 5.41) is 0. The predicted molar refractivity (Wildman–Crippen MR) is 106 cm³/mol. The van der Waals surface area contributed by atoms with Crippen LogP contribution in [0.4, 0.5) is 0 Å². The van der Waals surface area contributed by atoms with E-state index in [-0.39, 0.29) is 0 Å². The monoisotopic (exact) mass is 376 g/mol. The van der Waals surface area contributed by atoms with Gasteiger partial charge in [-0.2, -0.15) is 0 Å². The van der Waals surface area contributed by atoms with Crippen LogP contribution in [0, 0.1) is 6.92 Å². The third-order valence-electron chi connectivity index (χ3n) is 5.19. The van der Waals surface area contributed by atoms with Gasteiger partial charge < -0.3 is 0 Å². The summed E-state index contributed by atoms with van der Waals surface area (Å²) >= 11 is 3.63. The molecule has 3 aromatic carbocycles. The summed E-state index contributed by atoms with van der Waals surface area (Å²) < 4.78 is 1.14. The number of benzene rings is 3. The molecular weight excluding hydrogens is 356 g/mol. The van der Waals surface area contributed by atoms with Crippen LogP contribution < -0.4 is 0 Å². The Balaban J connectivity index is 1.95. The van der Waals surface area contributed by atoms with Crippen molar-refractivity contribution in [2.45, 2.75) is 32.1 Å². The fourth-order valence-corrected chi connectivity index (χ4v) is 4.12. The minimum Gasteiger partial charge on any atom is -0.0620 e. The van der Waals surface area contributed by atoms with E-state index in [0.29, 0.717) is 5.92 Å². The van der Waals surface area contributed by atoms with Gasteiger partial charge in [-0.1, -0.05) is 76.9 Å². The summed E-state index contributed by atoms with van der Waals surface area (Å²) in [5.41, 5.74) is 8.37. The van der Waals surface area contributed by atoms with Crippen LogP contribution in [0.25, 0.3) is 22.3 Å². The van der Waals surface area contributed by atoms with Crippen LogP contribution in [-0.4, -0.2) is 0 Å². The van der Waals surface area contributed by atoms with Gasteiger partial charge in [-0.3, -0.25) is 0 Å². The molecule has 1 aliphatic carbocycles. The van der Waals surface area contributed by atoms with E-state index < -0.39 is 0 Å². The molecule has 0 heterocycles. The quantitative estimate of drug-likeness (QED) is 0.447. The molecule has 0 unspecified atom stereocenters. The maximum atomic E-state index is 3.63. The molecule has 0 saturated heterocycles. The van der Waals surface area contributed by atoms with Gasteiger partial charge >= 0.3 is 0 Å². The van der Waals surface area contributed by atoms with Crippen LogP contribution in [-0.2, 0) is 0 Å². The Morgan fingerprint density at radius 3 is 2.21 bits per heavy atom. The van der Waals surface area contributed by atoms with E-state index in [1.165, 1.54) is 52.6 Å². The fourth-order valence-electron chi connectivity index (χ4n) is 3.72. The highest BCUT2D eigenvalue weighted by Gasteiger charge is 2.26. The van der Waals surface area contributed by atoms with E-state index in [4.69, 9.17) is 0 Å². The fraction of sp³-hybridized carbons (Fsp3) is 0.217. The Kier molecular flexibility index (Phi) is 4.28. The first-order valence-corrected chi connectivity index (χ1v) is 9.48. The van der Waals surface area contributed by atoms with E-state index in [0.717, 1.165) is 4.47 Å². The van der Waals surface area contributed by atoms with E-state index in [1.54, 1.807) is 0 Å². The van der Waals surface area contributed by atoms with Gasteiger partial charge in [0.2, 0.25) is 0 Å². The van der Waals surface area contributed by atoms with Gasteiger partial charge in [-0.25, -0.2) is 0 Å². The molecule has 1 heteroatoms. The first-order chi connectivity index (χ1) is 11.7. The van der Waals surface area contributed by atoms with Crippen molar-refractivity contribution in [3.05, 3.63) is 82.3 Å². The number of rotatable bonds is 3. The molecule has 0 aliphatic heterocycles. The van der Waals surface area contributed by atoms with Gasteiger partial charge in [0, 0.05) is 4.47 Å². The van der Waals surface area contributed by atoms with Gasteiger partial charge in [0.25, 0.3) is 0 Å². The molecule has 0 amide bonds. The molecule has 0 bridgehead atoms. The van der Waals surface area contributed by atoms with Gasteiger partial charge in [0.05, 0.1) is 0 Å².